The van der Waals surface area contributed by atoms with Crippen LogP contribution in [0.25, 0.3) is 21.9 Å². The molecule has 0 N–H and O–H groups in total. The van der Waals surface area contributed by atoms with Crippen LogP contribution >= 0.6 is 0 Å². The highest BCUT2D eigenvalue weighted by atomic mass is 32.2. The third-order valence-electron chi connectivity index (χ3n) is 8.98. The summed E-state index contributed by atoms with van der Waals surface area (Å²) >= 11 is 0. The molecule has 0 aliphatic carbocycles. The number of para-hydroxylation sites is 1. The summed E-state index contributed by atoms with van der Waals surface area (Å²) < 4.78 is 46.2. The summed E-state index contributed by atoms with van der Waals surface area (Å²) in [7, 11) is -3.84. The van der Waals surface area contributed by atoms with Crippen molar-refractivity contribution < 1.29 is 31.9 Å². The van der Waals surface area contributed by atoms with E-state index < -0.39 is 10.0 Å². The van der Waals surface area contributed by atoms with Crippen LogP contribution in [0.15, 0.2) is 156 Å². The lowest BCUT2D eigenvalue weighted by Gasteiger charge is -2.26. The Morgan fingerprint density at radius 3 is 2.02 bits per heavy atom. The first kappa shape index (κ1) is 36.0. The number of ketones is 1. The van der Waals surface area contributed by atoms with Gasteiger partial charge in [0.2, 0.25) is 10.0 Å². The molecule has 9 nitrogen and oxygen atoms in total. The maximum atomic E-state index is 14.1. The van der Waals surface area contributed by atoms with E-state index in [2.05, 4.69) is 0 Å². The van der Waals surface area contributed by atoms with Crippen molar-refractivity contribution >= 4 is 49.3 Å². The molecule has 0 radical (unpaired) electrons. The van der Waals surface area contributed by atoms with E-state index in [0.717, 1.165) is 33.7 Å². The molecule has 0 aliphatic heterocycles. The van der Waals surface area contributed by atoms with Gasteiger partial charge in [-0.15, -0.1) is 0 Å². The number of furan rings is 1. The van der Waals surface area contributed by atoms with Crippen LogP contribution in [-0.2, 0) is 23.2 Å². The van der Waals surface area contributed by atoms with Crippen molar-refractivity contribution in [1.82, 2.24) is 4.90 Å². The van der Waals surface area contributed by atoms with Gasteiger partial charge >= 0.3 is 0 Å². The summed E-state index contributed by atoms with van der Waals surface area (Å²) in [5, 5.41) is 1.98. The molecule has 0 saturated carbocycles. The molecule has 7 rings (SSSR count). The first-order valence-electron chi connectivity index (χ1n) is 17.5. The quantitative estimate of drug-likeness (QED) is 0.0971. The zero-order chi connectivity index (χ0) is 37.5. The molecule has 272 valence electrons. The molecule has 1 amide bonds. The van der Waals surface area contributed by atoms with Crippen LogP contribution in [0, 0.1) is 0 Å². The van der Waals surface area contributed by atoms with Gasteiger partial charge in [0.05, 0.1) is 31.6 Å². The Balaban J connectivity index is 1.15. The molecule has 0 bridgehead atoms. The van der Waals surface area contributed by atoms with Crippen LogP contribution in [0.5, 0.6) is 11.5 Å². The van der Waals surface area contributed by atoms with Gasteiger partial charge in [0.15, 0.2) is 5.78 Å². The minimum absolute atomic E-state index is 0.0226. The number of carbonyl (C=O) groups excluding carboxylic acids is 2. The van der Waals surface area contributed by atoms with Gasteiger partial charge in [0, 0.05) is 28.0 Å². The molecule has 0 unspecified atom stereocenters. The molecule has 0 aliphatic rings. The number of hydrogen-bond acceptors (Lipinski definition) is 7. The Morgan fingerprint density at radius 1 is 0.648 bits per heavy atom. The smallest absolute Gasteiger partial charge is 0.254 e. The van der Waals surface area contributed by atoms with Gasteiger partial charge in [-0.1, -0.05) is 97.1 Å². The number of carbonyl (C=O) groups is 2. The number of hydrogen-bond donors (Lipinski definition) is 0. The molecule has 10 heteroatoms. The fourth-order valence-electron chi connectivity index (χ4n) is 6.22. The van der Waals surface area contributed by atoms with Gasteiger partial charge in [0.1, 0.15) is 35.9 Å². The number of fused-ring (bicyclic) bond motifs is 3. The predicted octanol–water partition coefficient (Wildman–Crippen LogP) is 8.54. The Hall–Kier alpha value is -6.39. The van der Waals surface area contributed by atoms with Gasteiger partial charge in [-0.2, -0.15) is 0 Å². The minimum Gasteiger partial charge on any atom is -0.492 e. The molecule has 7 aromatic rings. The first-order valence-corrected chi connectivity index (χ1v) is 19.3. The molecule has 0 atom stereocenters. The average molecular weight is 739 g/mol. The van der Waals surface area contributed by atoms with E-state index in [1.54, 1.807) is 36.4 Å². The number of Topliss-reactive ketones (excluding diaryl/α,β-unsaturated/α-hetero) is 1. The summed E-state index contributed by atoms with van der Waals surface area (Å²) in [6, 6.07) is 45.6. The number of amides is 1. The van der Waals surface area contributed by atoms with E-state index in [0.29, 0.717) is 22.6 Å². The molecule has 54 heavy (non-hydrogen) atoms. The molecule has 0 spiro atoms. The van der Waals surface area contributed by atoms with Crippen molar-refractivity contribution in [3.05, 3.63) is 174 Å². The van der Waals surface area contributed by atoms with Gasteiger partial charge in [0.25, 0.3) is 5.91 Å². The second kappa shape index (κ2) is 16.1. The summed E-state index contributed by atoms with van der Waals surface area (Å²) in [6.45, 7) is 0.142. The van der Waals surface area contributed by atoms with Crippen LogP contribution in [0.4, 0.5) is 5.69 Å². The maximum Gasteiger partial charge on any atom is 0.254 e. The largest absolute Gasteiger partial charge is 0.492 e. The molecule has 6 aromatic carbocycles. The topological polar surface area (TPSA) is 106 Å². The van der Waals surface area contributed by atoms with Crippen molar-refractivity contribution in [3.8, 4) is 11.5 Å². The van der Waals surface area contributed by atoms with Crippen molar-refractivity contribution in [2.45, 2.75) is 13.2 Å². The molecule has 0 saturated heterocycles. The highest BCUT2D eigenvalue weighted by molar-refractivity contribution is 7.92. The van der Waals surface area contributed by atoms with E-state index in [4.69, 9.17) is 13.9 Å². The number of benzene rings is 6. The van der Waals surface area contributed by atoms with Gasteiger partial charge < -0.3 is 18.8 Å². The van der Waals surface area contributed by atoms with E-state index in [1.807, 2.05) is 109 Å². The van der Waals surface area contributed by atoms with Crippen LogP contribution in [0.3, 0.4) is 0 Å². The highest BCUT2D eigenvalue weighted by Crippen LogP contribution is 2.34. The SMILES string of the molecule is CS(=O)(=O)N(Cc1ccccc1)c1cc(C(=O)CN(CCOc2ccc3c(c2)oc2ccccc23)C(=O)c2ccccc2)ccc1OCc1ccccc1. The Kier molecular flexibility index (Phi) is 10.7. The van der Waals surface area contributed by atoms with Crippen molar-refractivity contribution in [1.29, 1.82) is 0 Å². The highest BCUT2D eigenvalue weighted by Gasteiger charge is 2.26. The Morgan fingerprint density at radius 2 is 1.30 bits per heavy atom. The fraction of sp³-hybridized carbons (Fsp3) is 0.136. The van der Waals surface area contributed by atoms with Gasteiger partial charge in [-0.05, 0) is 59.7 Å². The fourth-order valence-corrected chi connectivity index (χ4v) is 7.11. The zero-order valence-electron chi connectivity index (χ0n) is 29.6. The number of nitrogens with zero attached hydrogens (tertiary/aromatic N) is 2. The number of rotatable bonds is 15. The maximum absolute atomic E-state index is 14.1. The summed E-state index contributed by atoms with van der Waals surface area (Å²) in [5.41, 5.74) is 3.98. The zero-order valence-corrected chi connectivity index (χ0v) is 30.4. The number of sulfonamides is 1. The monoisotopic (exact) mass is 738 g/mol. The van der Waals surface area contributed by atoms with Crippen molar-refractivity contribution in [3.63, 3.8) is 0 Å². The normalized spacial score (nSPS) is 11.4. The Bertz CT molecular complexity index is 2500. The number of anilines is 1. The molecular formula is C44H38N2O7S. The van der Waals surface area contributed by atoms with Crippen LogP contribution in [0.2, 0.25) is 0 Å². The van der Waals surface area contributed by atoms with Gasteiger partial charge in [-0.25, -0.2) is 8.42 Å². The molecule has 0 fully saturated rings. The van der Waals surface area contributed by atoms with E-state index >= 15 is 0 Å². The second-order valence-electron chi connectivity index (χ2n) is 12.8. The lowest BCUT2D eigenvalue weighted by molar-refractivity contribution is 0.0686. The standard InChI is InChI=1S/C44H38N2O7S/c1-54(49,50)46(29-32-13-5-2-6-14-32)39-27-35(21-24-42(39)52-31-33-15-7-3-8-16-33)40(47)30-45(44(48)34-17-9-4-10-18-34)25-26-51-36-22-23-38-37-19-11-12-20-41(37)53-43(38)28-36/h2-24,27-28H,25-26,29-31H2,1H3. The van der Waals surface area contributed by atoms with Crippen LogP contribution < -0.4 is 13.8 Å². The second-order valence-corrected chi connectivity index (χ2v) is 14.7. The van der Waals surface area contributed by atoms with Crippen LogP contribution in [-0.4, -0.2) is 51.0 Å². The van der Waals surface area contributed by atoms with E-state index in [9.17, 15) is 18.0 Å². The van der Waals surface area contributed by atoms with Crippen molar-refractivity contribution in [2.24, 2.45) is 0 Å². The first-order chi connectivity index (χ1) is 26.2. The Labute approximate surface area is 314 Å². The third-order valence-corrected chi connectivity index (χ3v) is 10.1. The summed E-state index contributed by atoms with van der Waals surface area (Å²) in [6.07, 6.45) is 1.12. The molecule has 1 aromatic heterocycles. The number of ether oxygens (including phenoxy) is 2. The van der Waals surface area contributed by atoms with E-state index in [-0.39, 0.29) is 55.8 Å². The lowest BCUT2D eigenvalue weighted by Crippen LogP contribution is -2.38. The predicted molar refractivity (Wildman–Crippen MR) is 211 cm³/mol. The van der Waals surface area contributed by atoms with Crippen LogP contribution in [0.1, 0.15) is 31.8 Å². The summed E-state index contributed by atoms with van der Waals surface area (Å²) in [5.74, 6) is 0.135. The molecule has 1 heterocycles. The van der Waals surface area contributed by atoms with E-state index in [1.165, 1.54) is 15.3 Å². The van der Waals surface area contributed by atoms with Gasteiger partial charge in [-0.3, -0.25) is 13.9 Å². The summed E-state index contributed by atoms with van der Waals surface area (Å²) in [4.78, 5) is 29.3. The lowest BCUT2D eigenvalue weighted by atomic mass is 10.1. The minimum atomic E-state index is -3.84. The third kappa shape index (κ3) is 8.46. The van der Waals surface area contributed by atoms with Crippen molar-refractivity contribution in [2.75, 3.05) is 30.3 Å². The average Bonchev–Trinajstić information content (AvgIpc) is 3.57. The molecular weight excluding hydrogens is 701 g/mol.